The summed E-state index contributed by atoms with van der Waals surface area (Å²) in [5, 5.41) is 3.51. The standard InChI is InChI=1S/C17H27N3O2/c18-8-9-19-14-5-10-20(11-6-14)12-7-15-13-21-16-3-1-2-4-17(16)22-15/h1-4,14-15,19H,5-13,18H2. The SMILES string of the molecule is NCCNC1CCN(CCC2COc3ccccc3O2)CC1. The van der Waals surface area contributed by atoms with Crippen LogP contribution in [0.25, 0.3) is 0 Å². The number of nitrogens with two attached hydrogens (primary N) is 1. The Morgan fingerprint density at radius 2 is 1.95 bits per heavy atom. The van der Waals surface area contributed by atoms with Gasteiger partial charge < -0.3 is 25.4 Å². The lowest BCUT2D eigenvalue weighted by Crippen LogP contribution is -2.45. The van der Waals surface area contributed by atoms with E-state index in [0.717, 1.165) is 50.6 Å². The molecule has 1 aromatic carbocycles. The van der Waals surface area contributed by atoms with Crippen LogP contribution in [0.15, 0.2) is 24.3 Å². The molecular weight excluding hydrogens is 278 g/mol. The van der Waals surface area contributed by atoms with Crippen molar-refractivity contribution in [2.24, 2.45) is 5.73 Å². The molecule has 1 unspecified atom stereocenters. The van der Waals surface area contributed by atoms with Crippen LogP contribution in [0.4, 0.5) is 0 Å². The largest absolute Gasteiger partial charge is 0.486 e. The first-order valence-corrected chi connectivity index (χ1v) is 8.39. The van der Waals surface area contributed by atoms with E-state index >= 15 is 0 Å². The molecule has 1 saturated heterocycles. The summed E-state index contributed by atoms with van der Waals surface area (Å²) in [5.41, 5.74) is 5.54. The molecule has 0 amide bonds. The number of nitrogens with zero attached hydrogens (tertiary/aromatic N) is 1. The fourth-order valence-electron chi connectivity index (χ4n) is 3.18. The lowest BCUT2D eigenvalue weighted by molar-refractivity contribution is 0.0712. The molecule has 1 atom stereocenters. The van der Waals surface area contributed by atoms with Crippen LogP contribution in [0.1, 0.15) is 19.3 Å². The van der Waals surface area contributed by atoms with Gasteiger partial charge in [-0.25, -0.2) is 0 Å². The molecule has 0 aliphatic carbocycles. The molecule has 5 nitrogen and oxygen atoms in total. The number of nitrogens with one attached hydrogen (secondary N) is 1. The van der Waals surface area contributed by atoms with Crippen molar-refractivity contribution in [3.8, 4) is 11.5 Å². The first-order chi connectivity index (χ1) is 10.8. The minimum atomic E-state index is 0.169. The summed E-state index contributed by atoms with van der Waals surface area (Å²) in [4.78, 5) is 2.53. The smallest absolute Gasteiger partial charge is 0.161 e. The van der Waals surface area contributed by atoms with Crippen molar-refractivity contribution in [2.45, 2.75) is 31.4 Å². The second kappa shape index (κ2) is 7.81. The third kappa shape index (κ3) is 4.12. The van der Waals surface area contributed by atoms with E-state index in [1.807, 2.05) is 24.3 Å². The molecule has 0 aromatic heterocycles. The van der Waals surface area contributed by atoms with E-state index in [0.29, 0.717) is 12.6 Å². The highest BCUT2D eigenvalue weighted by molar-refractivity contribution is 5.40. The zero-order valence-electron chi connectivity index (χ0n) is 13.2. The predicted molar refractivity (Wildman–Crippen MR) is 87.5 cm³/mol. The van der Waals surface area contributed by atoms with Crippen molar-refractivity contribution in [3.05, 3.63) is 24.3 Å². The summed E-state index contributed by atoms with van der Waals surface area (Å²) < 4.78 is 11.8. The maximum Gasteiger partial charge on any atom is 0.161 e. The highest BCUT2D eigenvalue weighted by Gasteiger charge is 2.23. The van der Waals surface area contributed by atoms with Gasteiger partial charge in [-0.15, -0.1) is 0 Å². The summed E-state index contributed by atoms with van der Waals surface area (Å²) in [6.45, 7) is 5.71. The Hall–Kier alpha value is -1.30. The van der Waals surface area contributed by atoms with Crippen molar-refractivity contribution in [3.63, 3.8) is 0 Å². The predicted octanol–water partition coefficient (Wildman–Crippen LogP) is 1.23. The maximum atomic E-state index is 6.02. The van der Waals surface area contributed by atoms with Gasteiger partial charge in [-0.05, 0) is 38.1 Å². The van der Waals surface area contributed by atoms with Gasteiger partial charge in [-0.1, -0.05) is 12.1 Å². The molecule has 0 saturated carbocycles. The Labute approximate surface area is 132 Å². The number of fused-ring (bicyclic) bond motifs is 1. The topological polar surface area (TPSA) is 59.8 Å². The Morgan fingerprint density at radius 1 is 1.18 bits per heavy atom. The molecule has 5 heteroatoms. The number of para-hydroxylation sites is 2. The Kier molecular flexibility index (Phi) is 5.53. The molecule has 2 aliphatic heterocycles. The number of likely N-dealkylation sites (tertiary alicyclic amines) is 1. The first-order valence-electron chi connectivity index (χ1n) is 8.39. The van der Waals surface area contributed by atoms with Crippen molar-refractivity contribution in [1.82, 2.24) is 10.2 Å². The Morgan fingerprint density at radius 3 is 2.73 bits per heavy atom. The van der Waals surface area contributed by atoms with Crippen LogP contribution in [0.5, 0.6) is 11.5 Å². The van der Waals surface area contributed by atoms with Gasteiger partial charge in [0.1, 0.15) is 12.7 Å². The second-order valence-corrected chi connectivity index (χ2v) is 6.14. The zero-order chi connectivity index (χ0) is 15.2. The van der Waals surface area contributed by atoms with Gasteiger partial charge >= 0.3 is 0 Å². The number of rotatable bonds is 6. The van der Waals surface area contributed by atoms with E-state index < -0.39 is 0 Å². The molecule has 22 heavy (non-hydrogen) atoms. The zero-order valence-corrected chi connectivity index (χ0v) is 13.2. The molecule has 0 bridgehead atoms. The quantitative estimate of drug-likeness (QED) is 0.828. The van der Waals surface area contributed by atoms with E-state index in [-0.39, 0.29) is 6.10 Å². The molecule has 1 aromatic rings. The fraction of sp³-hybridized carbons (Fsp3) is 0.647. The van der Waals surface area contributed by atoms with Gasteiger partial charge in [0.2, 0.25) is 0 Å². The lowest BCUT2D eigenvalue weighted by Gasteiger charge is -2.34. The van der Waals surface area contributed by atoms with Crippen molar-refractivity contribution in [1.29, 1.82) is 0 Å². The summed E-state index contributed by atoms with van der Waals surface area (Å²) in [6.07, 6.45) is 3.62. The molecule has 0 spiro atoms. The third-order valence-corrected chi connectivity index (χ3v) is 4.50. The van der Waals surface area contributed by atoms with Gasteiger partial charge in [-0.2, -0.15) is 0 Å². The fourth-order valence-corrected chi connectivity index (χ4v) is 3.18. The van der Waals surface area contributed by atoms with Crippen molar-refractivity contribution < 1.29 is 9.47 Å². The number of hydrogen-bond acceptors (Lipinski definition) is 5. The molecular formula is C17H27N3O2. The molecule has 3 rings (SSSR count). The van der Waals surface area contributed by atoms with E-state index in [4.69, 9.17) is 15.2 Å². The van der Waals surface area contributed by atoms with Crippen LogP contribution in [-0.2, 0) is 0 Å². The molecule has 2 aliphatic rings. The van der Waals surface area contributed by atoms with Crippen LogP contribution in [-0.4, -0.2) is 56.4 Å². The van der Waals surface area contributed by atoms with Gasteiger partial charge in [0.15, 0.2) is 11.5 Å². The van der Waals surface area contributed by atoms with Crippen LogP contribution >= 0.6 is 0 Å². The summed E-state index contributed by atoms with van der Waals surface area (Å²) in [5.74, 6) is 1.74. The van der Waals surface area contributed by atoms with E-state index in [1.54, 1.807) is 0 Å². The number of piperidine rings is 1. The maximum absolute atomic E-state index is 6.02. The second-order valence-electron chi connectivity index (χ2n) is 6.14. The van der Waals surface area contributed by atoms with Gasteiger partial charge in [0.25, 0.3) is 0 Å². The highest BCUT2D eigenvalue weighted by Crippen LogP contribution is 2.31. The molecule has 1 fully saturated rings. The monoisotopic (exact) mass is 305 g/mol. The first kappa shape index (κ1) is 15.6. The summed E-state index contributed by atoms with van der Waals surface area (Å²) in [7, 11) is 0. The minimum absolute atomic E-state index is 0.169. The average molecular weight is 305 g/mol. The van der Waals surface area contributed by atoms with Crippen LogP contribution in [0.3, 0.4) is 0 Å². The molecule has 3 N–H and O–H groups in total. The van der Waals surface area contributed by atoms with Crippen molar-refractivity contribution >= 4 is 0 Å². The van der Waals surface area contributed by atoms with E-state index in [1.165, 1.54) is 12.8 Å². The Balaban J connectivity index is 1.38. The van der Waals surface area contributed by atoms with Gasteiger partial charge in [0, 0.05) is 32.1 Å². The Bertz CT molecular complexity index is 461. The van der Waals surface area contributed by atoms with Gasteiger partial charge in [-0.3, -0.25) is 0 Å². The minimum Gasteiger partial charge on any atom is -0.486 e. The summed E-state index contributed by atoms with van der Waals surface area (Å²) in [6, 6.07) is 8.55. The highest BCUT2D eigenvalue weighted by atomic mass is 16.6. The van der Waals surface area contributed by atoms with Gasteiger partial charge in [0.05, 0.1) is 0 Å². The van der Waals surface area contributed by atoms with Crippen LogP contribution in [0.2, 0.25) is 0 Å². The molecule has 0 radical (unpaired) electrons. The summed E-state index contributed by atoms with van der Waals surface area (Å²) >= 11 is 0. The van der Waals surface area contributed by atoms with Crippen LogP contribution in [0, 0.1) is 0 Å². The normalized spacial score (nSPS) is 22.7. The third-order valence-electron chi connectivity index (χ3n) is 4.50. The lowest BCUT2D eigenvalue weighted by atomic mass is 10.0. The number of hydrogen-bond donors (Lipinski definition) is 2. The molecule has 122 valence electrons. The average Bonchev–Trinajstić information content (AvgIpc) is 2.59. The van der Waals surface area contributed by atoms with E-state index in [2.05, 4.69) is 10.2 Å². The van der Waals surface area contributed by atoms with Crippen LogP contribution < -0.4 is 20.5 Å². The van der Waals surface area contributed by atoms with E-state index in [9.17, 15) is 0 Å². The molecule has 2 heterocycles. The van der Waals surface area contributed by atoms with Crippen molar-refractivity contribution in [2.75, 3.05) is 39.3 Å². The number of ether oxygens (including phenoxy) is 2. The number of benzene rings is 1.